The zero-order valence-electron chi connectivity index (χ0n) is 27.8. The molecule has 0 aliphatic carbocycles. The molecule has 2 fully saturated rings. The van der Waals surface area contributed by atoms with Crippen LogP contribution in [0.25, 0.3) is 0 Å². The van der Waals surface area contributed by atoms with Crippen LogP contribution in [-0.4, -0.2) is 128 Å². The fourth-order valence-corrected chi connectivity index (χ4v) is 5.81. The maximum absolute atomic E-state index is 13.5. The third-order valence-corrected chi connectivity index (χ3v) is 8.48. The third kappa shape index (κ3) is 10.2. The summed E-state index contributed by atoms with van der Waals surface area (Å²) in [5.41, 5.74) is 1.31. The van der Waals surface area contributed by atoms with E-state index in [1.165, 1.54) is 12.1 Å². The van der Waals surface area contributed by atoms with Gasteiger partial charge in [-0.1, -0.05) is 56.3 Å². The molecule has 2 aliphatic heterocycles. The fraction of sp³-hybridized carbons (Fsp3) is 0.500. The molecule has 0 unspecified atom stereocenters. The van der Waals surface area contributed by atoms with Crippen LogP contribution in [0.5, 0.6) is 5.75 Å². The minimum atomic E-state index is -2.11. The number of carbonyl (C=O) groups is 5. The van der Waals surface area contributed by atoms with E-state index in [9.17, 15) is 49.5 Å². The van der Waals surface area contributed by atoms with Gasteiger partial charge in [0.15, 0.2) is 0 Å². The number of aliphatic hydroxyl groups excluding tert-OH is 4. The number of carbonyl (C=O) groups excluding carboxylic acids is 5. The van der Waals surface area contributed by atoms with E-state index in [0.717, 1.165) is 4.90 Å². The number of nitrogens with one attached hydrogen (secondary N) is 4. The van der Waals surface area contributed by atoms with Gasteiger partial charge in [0.25, 0.3) is 0 Å². The van der Waals surface area contributed by atoms with Crippen molar-refractivity contribution in [2.24, 2.45) is 5.92 Å². The molecule has 0 aromatic heterocycles. The molecule has 16 nitrogen and oxygen atoms in total. The van der Waals surface area contributed by atoms with Gasteiger partial charge in [0, 0.05) is 6.42 Å². The molecule has 0 spiro atoms. The summed E-state index contributed by atoms with van der Waals surface area (Å²) in [5, 5.41) is 63.5. The Bertz CT molecular complexity index is 1490. The average Bonchev–Trinajstić information content (AvgIpc) is 3.38. The molecule has 2 aliphatic rings. The summed E-state index contributed by atoms with van der Waals surface area (Å²) in [6, 6.07) is 11.4. The molecule has 4 amide bonds. The van der Waals surface area contributed by atoms with Crippen molar-refractivity contribution in [2.75, 3.05) is 19.7 Å². The smallest absolute Gasteiger partial charge is 0.328 e. The number of aliphatic hydroxyl groups is 4. The number of aromatic hydroxyl groups is 1. The normalized spacial score (nSPS) is 29.2. The molecule has 272 valence electrons. The van der Waals surface area contributed by atoms with Crippen molar-refractivity contribution < 1.29 is 54.2 Å². The lowest BCUT2D eigenvalue weighted by atomic mass is 10.0. The second kappa shape index (κ2) is 17.4. The molecular formula is C34H45N5O11. The van der Waals surface area contributed by atoms with Gasteiger partial charge in [-0.3, -0.25) is 24.5 Å². The maximum Gasteiger partial charge on any atom is 0.328 e. The quantitative estimate of drug-likeness (QED) is 0.141. The number of benzene rings is 2. The Morgan fingerprint density at radius 2 is 1.42 bits per heavy atom. The molecule has 9 N–H and O–H groups in total. The number of phenols is 1. The van der Waals surface area contributed by atoms with Crippen LogP contribution in [-0.2, 0) is 41.6 Å². The molecule has 0 bridgehead atoms. The predicted molar refractivity (Wildman–Crippen MR) is 176 cm³/mol. The number of esters is 1. The van der Waals surface area contributed by atoms with Gasteiger partial charge >= 0.3 is 5.97 Å². The molecule has 50 heavy (non-hydrogen) atoms. The van der Waals surface area contributed by atoms with Crippen LogP contribution in [0.3, 0.4) is 0 Å². The molecule has 16 heteroatoms. The maximum atomic E-state index is 13.5. The number of nitrogens with zero attached hydrogens (tertiary/aromatic N) is 1. The summed E-state index contributed by atoms with van der Waals surface area (Å²) >= 11 is 0. The molecule has 2 heterocycles. The molecular weight excluding hydrogens is 654 g/mol. The summed E-state index contributed by atoms with van der Waals surface area (Å²) in [6.07, 6.45) is -9.30. The van der Waals surface area contributed by atoms with Gasteiger partial charge < -0.3 is 51.1 Å². The van der Waals surface area contributed by atoms with Crippen molar-refractivity contribution in [1.82, 2.24) is 26.2 Å². The largest absolute Gasteiger partial charge is 0.508 e. The summed E-state index contributed by atoms with van der Waals surface area (Å²) in [5.74, 6) is -3.99. The summed E-state index contributed by atoms with van der Waals surface area (Å²) in [4.78, 5) is 67.2. The highest BCUT2D eigenvalue weighted by molar-refractivity contribution is 5.93. The number of rotatable bonds is 6. The lowest BCUT2D eigenvalue weighted by Gasteiger charge is -2.33. The number of cyclic esters (lactones) is 1. The minimum Gasteiger partial charge on any atom is -0.508 e. The van der Waals surface area contributed by atoms with Crippen molar-refractivity contribution in [3.05, 3.63) is 65.7 Å². The first-order valence-corrected chi connectivity index (χ1v) is 16.4. The zero-order valence-corrected chi connectivity index (χ0v) is 27.8. The summed E-state index contributed by atoms with van der Waals surface area (Å²) in [7, 11) is 0. The van der Waals surface area contributed by atoms with Crippen LogP contribution in [0.4, 0.5) is 0 Å². The third-order valence-electron chi connectivity index (χ3n) is 8.48. The number of hydrogen-bond acceptors (Lipinski definition) is 12. The van der Waals surface area contributed by atoms with Crippen molar-refractivity contribution >= 4 is 29.6 Å². The van der Waals surface area contributed by atoms with Crippen molar-refractivity contribution in [3.8, 4) is 5.75 Å². The first kappa shape index (κ1) is 38.2. The number of ether oxygens (including phenoxy) is 1. The Hall–Kier alpha value is -4.61. The number of hydrogen-bond donors (Lipinski definition) is 9. The van der Waals surface area contributed by atoms with Gasteiger partial charge in [-0.2, -0.15) is 0 Å². The number of phenolic OH excluding ortho intramolecular Hbond substituents is 1. The van der Waals surface area contributed by atoms with Gasteiger partial charge in [0.05, 0.1) is 12.6 Å². The van der Waals surface area contributed by atoms with E-state index in [0.29, 0.717) is 11.1 Å². The van der Waals surface area contributed by atoms with Gasteiger partial charge in [-0.25, -0.2) is 4.79 Å². The molecule has 2 saturated heterocycles. The molecule has 2 aromatic rings. The summed E-state index contributed by atoms with van der Waals surface area (Å²) < 4.78 is 5.22. The van der Waals surface area contributed by atoms with Crippen LogP contribution in [0.2, 0.25) is 0 Å². The molecule has 0 saturated carbocycles. The Morgan fingerprint density at radius 1 is 0.780 bits per heavy atom. The second-order valence-corrected chi connectivity index (χ2v) is 12.9. The topological polar surface area (TPSA) is 247 Å². The van der Waals surface area contributed by atoms with E-state index in [1.807, 2.05) is 0 Å². The van der Waals surface area contributed by atoms with Gasteiger partial charge in [-0.15, -0.1) is 0 Å². The van der Waals surface area contributed by atoms with Crippen LogP contribution in [0.1, 0.15) is 31.4 Å². The van der Waals surface area contributed by atoms with Crippen LogP contribution >= 0.6 is 0 Å². The van der Waals surface area contributed by atoms with Crippen molar-refractivity contribution in [3.63, 3.8) is 0 Å². The van der Waals surface area contributed by atoms with Crippen molar-refractivity contribution in [1.29, 1.82) is 0 Å². The monoisotopic (exact) mass is 699 g/mol. The minimum absolute atomic E-state index is 0.00452. The van der Waals surface area contributed by atoms with E-state index in [1.54, 1.807) is 56.3 Å². The highest BCUT2D eigenvalue weighted by Gasteiger charge is 2.47. The second-order valence-electron chi connectivity index (χ2n) is 12.9. The molecule has 2 aromatic carbocycles. The number of amides is 4. The van der Waals surface area contributed by atoms with Crippen LogP contribution < -0.4 is 21.3 Å². The van der Waals surface area contributed by atoms with Gasteiger partial charge in [0.1, 0.15) is 61.6 Å². The van der Waals surface area contributed by atoms with E-state index in [4.69, 9.17) is 4.74 Å². The predicted octanol–water partition coefficient (Wildman–Crippen LogP) is -2.56. The lowest BCUT2D eigenvalue weighted by Crippen LogP contribution is -2.58. The fourth-order valence-electron chi connectivity index (χ4n) is 5.81. The van der Waals surface area contributed by atoms with Crippen molar-refractivity contribution in [2.45, 2.75) is 81.8 Å². The average molecular weight is 700 g/mol. The highest BCUT2D eigenvalue weighted by atomic mass is 16.5. The SMILES string of the molecule is CC(C)C[C@@H]1NC(=O)[C@H](Cc2ccccc2)NC(=O)CNC(=O)CN2C(=O)[C@H](Cc3ccc(O)cc3)N[C@@H]2[C@H](O)[C@@H](O)[C@H](O)[C@H](O)COC1=O. The number of fused-ring (bicyclic) bond motifs is 1. The molecule has 8 atom stereocenters. The Balaban J connectivity index is 1.61. The first-order valence-electron chi connectivity index (χ1n) is 16.4. The first-order chi connectivity index (χ1) is 23.7. The van der Waals surface area contributed by atoms with Crippen LogP contribution in [0.15, 0.2) is 54.6 Å². The lowest BCUT2D eigenvalue weighted by molar-refractivity contribution is -0.161. The van der Waals surface area contributed by atoms with E-state index in [2.05, 4.69) is 21.3 Å². The Kier molecular flexibility index (Phi) is 13.3. The standard InChI is InChI=1S/C34H45N5O11/c1-18(2)12-24-34(49)50-17-25(41)28(44)29(45)30(46)31-37-23(14-20-8-10-21(40)11-9-20)33(48)39(31)16-27(43)35-15-26(42)36-22(32(47)38-24)13-19-6-4-3-5-7-19/h3-11,18,22-25,28-31,37,40-41,44-46H,12-17H2,1-2H3,(H,35,43)(H,36,42)(H,38,47)/t22-,23-,24-,25+,28+,29-,30+,31-/m0/s1. The van der Waals surface area contributed by atoms with Gasteiger partial charge in [-0.05, 0) is 42.0 Å². The van der Waals surface area contributed by atoms with Gasteiger partial charge in [0.2, 0.25) is 23.6 Å². The van der Waals surface area contributed by atoms with Crippen LogP contribution in [0, 0.1) is 5.92 Å². The molecule has 0 radical (unpaired) electrons. The Labute approximate surface area is 288 Å². The summed E-state index contributed by atoms with van der Waals surface area (Å²) in [6.45, 7) is 1.50. The molecule has 4 rings (SSSR count). The Morgan fingerprint density at radius 3 is 2.08 bits per heavy atom. The van der Waals surface area contributed by atoms with E-state index < -0.39 is 98.0 Å². The van der Waals surface area contributed by atoms with E-state index >= 15 is 0 Å². The highest BCUT2D eigenvalue weighted by Crippen LogP contribution is 2.22. The van der Waals surface area contributed by atoms with E-state index in [-0.39, 0.29) is 30.9 Å². The zero-order chi connectivity index (χ0) is 36.5.